The molecular weight excluding hydrogens is 1200 g/mol. The van der Waals surface area contributed by atoms with Gasteiger partial charge in [-0.25, -0.2) is 9.13 Å². The minimum absolute atomic E-state index is 0.106. The molecule has 91 heavy (non-hydrogen) atoms. The first-order valence-corrected chi connectivity index (χ1v) is 40.5. The van der Waals surface area contributed by atoms with Crippen LogP contribution in [0.25, 0.3) is 0 Å². The Kier molecular flexibility index (Phi) is 62.7. The van der Waals surface area contributed by atoms with Gasteiger partial charge in [0.25, 0.3) is 0 Å². The maximum Gasteiger partial charge on any atom is 0.472 e. The highest BCUT2D eigenvalue weighted by Crippen LogP contribution is 2.45. The van der Waals surface area contributed by atoms with Gasteiger partial charge in [0.2, 0.25) is 0 Å². The van der Waals surface area contributed by atoms with E-state index in [2.05, 4.69) is 41.5 Å². The molecule has 6 atom stereocenters. The molecule has 3 unspecified atom stereocenters. The van der Waals surface area contributed by atoms with E-state index < -0.39 is 97.5 Å². The second-order valence-corrected chi connectivity index (χ2v) is 29.6. The Balaban J connectivity index is 5.12. The van der Waals surface area contributed by atoms with E-state index in [1.54, 1.807) is 0 Å². The Bertz CT molecular complexity index is 1770. The minimum Gasteiger partial charge on any atom is -0.462 e. The summed E-state index contributed by atoms with van der Waals surface area (Å²) in [4.78, 5) is 72.4. The van der Waals surface area contributed by atoms with Gasteiger partial charge in [-0.2, -0.15) is 0 Å². The van der Waals surface area contributed by atoms with Crippen molar-refractivity contribution in [2.75, 3.05) is 39.6 Å². The SMILES string of the molecule is CCCCCCCCCCCCC(=O)O[C@H](COC(=O)CCCCCCCCC)COP(=O)(O)OC[C@H](O)COP(=O)(O)OC[C@@H](COC(=O)CCCCCCCCCCCC(C)C)OC(=O)CCCCCCCCCCCCCCCCCCCCC(C)CC. The molecule has 0 aromatic rings. The van der Waals surface area contributed by atoms with Crippen molar-refractivity contribution in [2.24, 2.45) is 11.8 Å². The lowest BCUT2D eigenvalue weighted by Crippen LogP contribution is -2.30. The van der Waals surface area contributed by atoms with Crippen molar-refractivity contribution in [2.45, 2.75) is 387 Å². The molecule has 0 spiro atoms. The lowest BCUT2D eigenvalue weighted by molar-refractivity contribution is -0.161. The van der Waals surface area contributed by atoms with E-state index in [0.717, 1.165) is 115 Å². The van der Waals surface area contributed by atoms with Crippen LogP contribution in [-0.4, -0.2) is 96.7 Å². The average Bonchev–Trinajstić information content (AvgIpc) is 2.74. The molecule has 0 fully saturated rings. The number of phosphoric ester groups is 2. The summed E-state index contributed by atoms with van der Waals surface area (Å²) in [5.74, 6) is -0.513. The van der Waals surface area contributed by atoms with E-state index in [-0.39, 0.29) is 25.7 Å². The van der Waals surface area contributed by atoms with Crippen LogP contribution in [0.2, 0.25) is 0 Å². The van der Waals surface area contributed by atoms with Gasteiger partial charge in [-0.3, -0.25) is 37.3 Å². The van der Waals surface area contributed by atoms with E-state index in [0.29, 0.717) is 25.7 Å². The van der Waals surface area contributed by atoms with Crippen LogP contribution >= 0.6 is 15.6 Å². The number of aliphatic hydroxyl groups excluding tert-OH is 1. The molecule has 19 heteroatoms. The third kappa shape index (κ3) is 65.1. The van der Waals surface area contributed by atoms with E-state index in [4.69, 9.17) is 37.0 Å². The number of aliphatic hydroxyl groups is 1. The standard InChI is InChI=1S/C72H140O17P2/c1-7-10-12-14-16-17-31-38-44-50-56-71(76)88-67(60-82-69(74)54-48-42-34-15-13-11-8-2)62-86-90(78,79)84-58-66(73)59-85-91(80,81)87-63-68(61-83-70(75)55-49-43-37-33-28-29-35-40-46-52-64(4)5)89-72(77)57-51-45-39-32-27-25-23-21-19-18-20-22-24-26-30-36-41-47-53-65(6)9-3/h64-68,73H,7-63H2,1-6H3,(H,78,79)(H,80,81)/t65?,66-,67+,68+/m0/s1. The molecule has 0 amide bonds. The number of phosphoric acid groups is 2. The predicted octanol–water partition coefficient (Wildman–Crippen LogP) is 20.8. The summed E-state index contributed by atoms with van der Waals surface area (Å²) < 4.78 is 68.2. The van der Waals surface area contributed by atoms with Crippen LogP contribution in [-0.2, 0) is 65.4 Å². The zero-order valence-electron chi connectivity index (χ0n) is 59.1. The number of ether oxygens (including phenoxy) is 4. The molecule has 540 valence electrons. The van der Waals surface area contributed by atoms with Crippen molar-refractivity contribution in [3.05, 3.63) is 0 Å². The average molecular weight is 1340 g/mol. The number of esters is 4. The Labute approximate surface area is 556 Å². The second-order valence-electron chi connectivity index (χ2n) is 26.7. The van der Waals surface area contributed by atoms with Gasteiger partial charge in [0.15, 0.2) is 12.2 Å². The first kappa shape index (κ1) is 89.1. The maximum absolute atomic E-state index is 13.0. The van der Waals surface area contributed by atoms with Crippen LogP contribution < -0.4 is 0 Å². The van der Waals surface area contributed by atoms with Gasteiger partial charge in [-0.15, -0.1) is 0 Å². The van der Waals surface area contributed by atoms with Crippen LogP contribution in [0.1, 0.15) is 369 Å². The van der Waals surface area contributed by atoms with Gasteiger partial charge in [0.1, 0.15) is 19.3 Å². The molecule has 0 aromatic carbocycles. The van der Waals surface area contributed by atoms with Crippen molar-refractivity contribution in [3.8, 4) is 0 Å². The third-order valence-electron chi connectivity index (χ3n) is 17.1. The van der Waals surface area contributed by atoms with Gasteiger partial charge in [-0.05, 0) is 37.5 Å². The maximum atomic E-state index is 13.0. The van der Waals surface area contributed by atoms with Gasteiger partial charge >= 0.3 is 39.5 Å². The molecule has 0 saturated carbocycles. The first-order valence-electron chi connectivity index (χ1n) is 37.5. The van der Waals surface area contributed by atoms with Crippen LogP contribution in [0, 0.1) is 11.8 Å². The second kappa shape index (κ2) is 64.1. The van der Waals surface area contributed by atoms with Crippen molar-refractivity contribution in [1.82, 2.24) is 0 Å². The number of carbonyl (C=O) groups is 4. The molecule has 0 bridgehead atoms. The zero-order valence-corrected chi connectivity index (χ0v) is 60.9. The highest BCUT2D eigenvalue weighted by molar-refractivity contribution is 7.47. The molecule has 0 saturated heterocycles. The van der Waals surface area contributed by atoms with Crippen LogP contribution in [0.15, 0.2) is 0 Å². The van der Waals surface area contributed by atoms with Crippen molar-refractivity contribution < 1.29 is 80.2 Å². The fraction of sp³-hybridized carbons (Fsp3) is 0.944. The van der Waals surface area contributed by atoms with E-state index in [9.17, 15) is 43.2 Å². The highest BCUT2D eigenvalue weighted by Gasteiger charge is 2.30. The number of carbonyl (C=O) groups excluding carboxylic acids is 4. The van der Waals surface area contributed by atoms with Gasteiger partial charge < -0.3 is 33.8 Å². The quantitative estimate of drug-likeness (QED) is 0.0222. The summed E-state index contributed by atoms with van der Waals surface area (Å²) in [7, 11) is -9.89. The molecule has 3 N–H and O–H groups in total. The monoisotopic (exact) mass is 1340 g/mol. The fourth-order valence-electron chi connectivity index (χ4n) is 10.9. The lowest BCUT2D eigenvalue weighted by atomic mass is 9.99. The molecule has 0 aliphatic carbocycles. The summed E-state index contributed by atoms with van der Waals surface area (Å²) >= 11 is 0. The Morgan fingerprint density at radius 1 is 0.319 bits per heavy atom. The number of rotatable bonds is 71. The summed E-state index contributed by atoms with van der Waals surface area (Å²) in [6.07, 6.45) is 50.2. The normalized spacial score (nSPS) is 14.4. The summed E-state index contributed by atoms with van der Waals surface area (Å²) in [6, 6.07) is 0. The van der Waals surface area contributed by atoms with Crippen LogP contribution in [0.3, 0.4) is 0 Å². The molecule has 0 heterocycles. The van der Waals surface area contributed by atoms with Crippen molar-refractivity contribution in [1.29, 1.82) is 0 Å². The third-order valence-corrected chi connectivity index (χ3v) is 19.0. The van der Waals surface area contributed by atoms with E-state index in [1.807, 2.05) is 0 Å². The predicted molar refractivity (Wildman–Crippen MR) is 368 cm³/mol. The molecule has 0 aliphatic heterocycles. The van der Waals surface area contributed by atoms with E-state index >= 15 is 0 Å². The smallest absolute Gasteiger partial charge is 0.462 e. The van der Waals surface area contributed by atoms with Gasteiger partial charge in [0, 0.05) is 25.7 Å². The highest BCUT2D eigenvalue weighted by atomic mass is 31.2. The van der Waals surface area contributed by atoms with Crippen molar-refractivity contribution >= 4 is 39.5 Å². The van der Waals surface area contributed by atoms with E-state index in [1.165, 1.54) is 173 Å². The summed E-state index contributed by atoms with van der Waals surface area (Å²) in [5.41, 5.74) is 0. The molecule has 17 nitrogen and oxygen atoms in total. The Hall–Kier alpha value is -1.94. The zero-order chi connectivity index (χ0) is 67.2. The van der Waals surface area contributed by atoms with Crippen LogP contribution in [0.5, 0.6) is 0 Å². The Morgan fingerprint density at radius 3 is 0.835 bits per heavy atom. The largest absolute Gasteiger partial charge is 0.472 e. The number of unbranched alkanes of at least 4 members (excludes halogenated alkanes) is 40. The Morgan fingerprint density at radius 2 is 0.560 bits per heavy atom. The lowest BCUT2D eigenvalue weighted by Gasteiger charge is -2.21. The fourth-order valence-corrected chi connectivity index (χ4v) is 12.5. The summed E-state index contributed by atoms with van der Waals surface area (Å²) in [6.45, 7) is 9.56. The summed E-state index contributed by atoms with van der Waals surface area (Å²) in [5, 5.41) is 10.6. The van der Waals surface area contributed by atoms with Gasteiger partial charge in [0.05, 0.1) is 26.4 Å². The number of hydrogen-bond donors (Lipinski definition) is 3. The van der Waals surface area contributed by atoms with Crippen molar-refractivity contribution in [3.63, 3.8) is 0 Å². The minimum atomic E-state index is -4.95. The molecule has 0 aromatic heterocycles. The molecular formula is C72H140O17P2. The first-order chi connectivity index (χ1) is 43.9. The molecule has 0 radical (unpaired) electrons. The number of hydrogen-bond acceptors (Lipinski definition) is 15. The van der Waals surface area contributed by atoms with Crippen LogP contribution in [0.4, 0.5) is 0 Å². The molecule has 0 rings (SSSR count). The molecule has 0 aliphatic rings. The van der Waals surface area contributed by atoms with Gasteiger partial charge in [-0.1, -0.05) is 318 Å². The topological polar surface area (TPSA) is 237 Å².